The molecule has 0 radical (unpaired) electrons. The molecule has 5 nitrogen and oxygen atoms in total. The molecule has 0 aromatic carbocycles. The van der Waals surface area contributed by atoms with Gasteiger partial charge in [-0.15, -0.1) is 0 Å². The van der Waals surface area contributed by atoms with Gasteiger partial charge in [-0.3, -0.25) is 4.98 Å². The van der Waals surface area contributed by atoms with E-state index in [0.717, 1.165) is 12.8 Å². The lowest BCUT2D eigenvalue weighted by atomic mass is 10.3. The molecule has 2 aromatic rings. The van der Waals surface area contributed by atoms with Gasteiger partial charge in [0.2, 0.25) is 5.88 Å². The van der Waals surface area contributed by atoms with E-state index in [-0.39, 0.29) is 18.0 Å². The van der Waals surface area contributed by atoms with E-state index in [9.17, 15) is 5.11 Å². The first-order valence-corrected chi connectivity index (χ1v) is 5.80. The first-order valence-electron chi connectivity index (χ1n) is 5.80. The number of aromatic nitrogens is 3. The van der Waals surface area contributed by atoms with Crippen molar-refractivity contribution in [1.82, 2.24) is 15.0 Å². The maximum atomic E-state index is 9.77. The number of nitrogens with zero attached hydrogens (tertiary/aromatic N) is 3. The second-order valence-electron chi connectivity index (χ2n) is 4.25. The van der Waals surface area contributed by atoms with Crippen molar-refractivity contribution in [1.29, 1.82) is 0 Å². The molecule has 0 aliphatic heterocycles. The van der Waals surface area contributed by atoms with Crippen LogP contribution in [0.15, 0.2) is 18.5 Å². The van der Waals surface area contributed by atoms with Crippen molar-refractivity contribution < 1.29 is 9.84 Å². The molecule has 0 amide bonds. The number of fused-ring (bicyclic) bond motifs is 1. The Kier molecular flexibility index (Phi) is 2.51. The largest absolute Gasteiger partial charge is 0.493 e. The number of aromatic hydroxyl groups is 1. The van der Waals surface area contributed by atoms with E-state index in [1.807, 2.05) is 0 Å². The predicted octanol–water partition coefficient (Wildman–Crippen LogP) is 2.05. The Hall–Kier alpha value is -1.91. The van der Waals surface area contributed by atoms with Crippen LogP contribution in [0, 0.1) is 0 Å². The minimum absolute atomic E-state index is 0.0506. The third kappa shape index (κ3) is 2.00. The summed E-state index contributed by atoms with van der Waals surface area (Å²) in [4.78, 5) is 12.2. The Balaban J connectivity index is 1.94. The maximum absolute atomic E-state index is 9.77. The summed E-state index contributed by atoms with van der Waals surface area (Å²) in [5, 5.41) is 10.4. The Morgan fingerprint density at radius 2 is 2.06 bits per heavy atom. The van der Waals surface area contributed by atoms with Crippen molar-refractivity contribution in [3.05, 3.63) is 18.5 Å². The maximum Gasteiger partial charge on any atom is 0.320 e. The molecule has 0 unspecified atom stereocenters. The monoisotopic (exact) mass is 231 g/mol. The molecule has 1 N–H and O–H groups in total. The van der Waals surface area contributed by atoms with Crippen molar-refractivity contribution in [2.45, 2.75) is 31.8 Å². The Morgan fingerprint density at radius 3 is 2.88 bits per heavy atom. The summed E-state index contributed by atoms with van der Waals surface area (Å²) in [7, 11) is 0. The molecule has 0 bridgehead atoms. The zero-order chi connectivity index (χ0) is 11.7. The fourth-order valence-electron chi connectivity index (χ4n) is 2.15. The summed E-state index contributed by atoms with van der Waals surface area (Å²) in [6.45, 7) is 0. The predicted molar refractivity (Wildman–Crippen MR) is 61.9 cm³/mol. The average molecular weight is 231 g/mol. The number of ether oxygens (including phenoxy) is 1. The van der Waals surface area contributed by atoms with Crippen LogP contribution in [0.25, 0.3) is 10.9 Å². The second kappa shape index (κ2) is 4.16. The van der Waals surface area contributed by atoms with Crippen LogP contribution >= 0.6 is 0 Å². The van der Waals surface area contributed by atoms with E-state index in [1.165, 1.54) is 12.8 Å². The second-order valence-corrected chi connectivity index (χ2v) is 4.25. The van der Waals surface area contributed by atoms with Crippen LogP contribution in [0.1, 0.15) is 25.7 Å². The van der Waals surface area contributed by atoms with Crippen LogP contribution in [0.5, 0.6) is 11.9 Å². The first-order chi connectivity index (χ1) is 8.33. The van der Waals surface area contributed by atoms with Gasteiger partial charge >= 0.3 is 6.01 Å². The molecule has 1 saturated carbocycles. The smallest absolute Gasteiger partial charge is 0.320 e. The van der Waals surface area contributed by atoms with E-state index in [1.54, 1.807) is 18.5 Å². The zero-order valence-electron chi connectivity index (χ0n) is 9.33. The van der Waals surface area contributed by atoms with Gasteiger partial charge in [0.15, 0.2) is 0 Å². The van der Waals surface area contributed by atoms with Crippen molar-refractivity contribution in [3.8, 4) is 11.9 Å². The third-order valence-electron chi connectivity index (χ3n) is 3.03. The van der Waals surface area contributed by atoms with Gasteiger partial charge in [0.05, 0.1) is 17.1 Å². The summed E-state index contributed by atoms with van der Waals surface area (Å²) in [6.07, 6.45) is 7.83. The highest BCUT2D eigenvalue weighted by molar-refractivity contribution is 5.82. The Morgan fingerprint density at radius 1 is 1.24 bits per heavy atom. The lowest BCUT2D eigenvalue weighted by molar-refractivity contribution is 0.191. The fourth-order valence-corrected chi connectivity index (χ4v) is 2.15. The minimum Gasteiger partial charge on any atom is -0.493 e. The minimum atomic E-state index is -0.0506. The molecular formula is C12H13N3O2. The quantitative estimate of drug-likeness (QED) is 0.856. The van der Waals surface area contributed by atoms with Gasteiger partial charge in [0, 0.05) is 6.20 Å². The number of pyridine rings is 1. The Labute approximate surface area is 98.5 Å². The van der Waals surface area contributed by atoms with Gasteiger partial charge in [-0.25, -0.2) is 0 Å². The summed E-state index contributed by atoms with van der Waals surface area (Å²) in [5.41, 5.74) is 0.605. The molecule has 1 fully saturated rings. The molecule has 17 heavy (non-hydrogen) atoms. The summed E-state index contributed by atoms with van der Waals surface area (Å²) >= 11 is 0. The lowest BCUT2D eigenvalue weighted by Gasteiger charge is -2.11. The van der Waals surface area contributed by atoms with E-state index in [4.69, 9.17) is 4.74 Å². The molecule has 0 saturated heterocycles. The van der Waals surface area contributed by atoms with Gasteiger partial charge in [-0.05, 0) is 31.7 Å². The van der Waals surface area contributed by atoms with Crippen LogP contribution in [-0.2, 0) is 0 Å². The van der Waals surface area contributed by atoms with Crippen LogP contribution in [0.4, 0.5) is 0 Å². The first kappa shape index (κ1) is 10.3. The van der Waals surface area contributed by atoms with Gasteiger partial charge in [-0.2, -0.15) is 9.97 Å². The van der Waals surface area contributed by atoms with Gasteiger partial charge in [0.1, 0.15) is 6.10 Å². The standard InChI is InChI=1S/C12H13N3O2/c16-11-9-5-6-13-7-10(9)14-12(15-11)17-8-3-1-2-4-8/h5-8H,1-4H2,(H,14,15,16). The number of rotatable bonds is 2. The van der Waals surface area contributed by atoms with E-state index in [0.29, 0.717) is 10.9 Å². The molecule has 1 aliphatic rings. The molecule has 2 heterocycles. The summed E-state index contributed by atoms with van der Waals surface area (Å²) in [6, 6.07) is 1.93. The van der Waals surface area contributed by atoms with Gasteiger partial charge in [0.25, 0.3) is 0 Å². The molecular weight excluding hydrogens is 218 g/mol. The molecule has 5 heteroatoms. The number of hydrogen-bond donors (Lipinski definition) is 1. The third-order valence-corrected chi connectivity index (χ3v) is 3.03. The van der Waals surface area contributed by atoms with E-state index in [2.05, 4.69) is 15.0 Å². The zero-order valence-corrected chi connectivity index (χ0v) is 9.33. The van der Waals surface area contributed by atoms with Gasteiger partial charge in [-0.1, -0.05) is 0 Å². The SMILES string of the molecule is Oc1nc(OC2CCCC2)nc2cnccc12. The highest BCUT2D eigenvalue weighted by Gasteiger charge is 2.18. The average Bonchev–Trinajstić information content (AvgIpc) is 2.82. The van der Waals surface area contributed by atoms with Crippen LogP contribution in [0.3, 0.4) is 0 Å². The number of hydrogen-bond acceptors (Lipinski definition) is 5. The van der Waals surface area contributed by atoms with Crippen molar-refractivity contribution in [3.63, 3.8) is 0 Å². The van der Waals surface area contributed by atoms with Gasteiger partial charge < -0.3 is 9.84 Å². The molecule has 1 aliphatic carbocycles. The van der Waals surface area contributed by atoms with E-state index >= 15 is 0 Å². The fraction of sp³-hybridized carbons (Fsp3) is 0.417. The topological polar surface area (TPSA) is 68.1 Å². The molecule has 2 aromatic heterocycles. The van der Waals surface area contributed by atoms with Crippen LogP contribution in [0.2, 0.25) is 0 Å². The van der Waals surface area contributed by atoms with Crippen molar-refractivity contribution in [2.24, 2.45) is 0 Å². The molecule has 3 rings (SSSR count). The van der Waals surface area contributed by atoms with Crippen LogP contribution < -0.4 is 4.74 Å². The summed E-state index contributed by atoms with van der Waals surface area (Å²) in [5.74, 6) is -0.0506. The van der Waals surface area contributed by atoms with Crippen LogP contribution in [-0.4, -0.2) is 26.2 Å². The summed E-state index contributed by atoms with van der Waals surface area (Å²) < 4.78 is 5.65. The normalized spacial score (nSPS) is 16.5. The van der Waals surface area contributed by atoms with Crippen molar-refractivity contribution >= 4 is 10.9 Å². The highest BCUT2D eigenvalue weighted by atomic mass is 16.5. The Bertz CT molecular complexity index is 538. The molecule has 0 spiro atoms. The molecule has 0 atom stereocenters. The van der Waals surface area contributed by atoms with Crippen molar-refractivity contribution in [2.75, 3.05) is 0 Å². The lowest BCUT2D eigenvalue weighted by Crippen LogP contribution is -2.12. The van der Waals surface area contributed by atoms with E-state index < -0.39 is 0 Å². The highest BCUT2D eigenvalue weighted by Crippen LogP contribution is 2.26. The molecule has 88 valence electrons.